The molecule has 2 aromatic rings. The zero-order valence-corrected chi connectivity index (χ0v) is 17.2. The number of urea groups is 1. The molecule has 4 amide bonds. The summed E-state index contributed by atoms with van der Waals surface area (Å²) in [5, 5.41) is 5.12. The van der Waals surface area contributed by atoms with Gasteiger partial charge in [-0.25, -0.2) is 14.1 Å². The van der Waals surface area contributed by atoms with Crippen molar-refractivity contribution in [2.24, 2.45) is 0 Å². The third-order valence-corrected chi connectivity index (χ3v) is 5.30. The molecule has 0 aliphatic carbocycles. The van der Waals surface area contributed by atoms with Gasteiger partial charge in [-0.3, -0.25) is 9.59 Å². The molecule has 2 aliphatic rings. The number of amides is 4. The molecule has 0 bridgehead atoms. The van der Waals surface area contributed by atoms with Crippen molar-refractivity contribution >= 4 is 35.3 Å². The number of rotatable bonds is 5. The monoisotopic (exact) mass is 422 g/mol. The highest BCUT2D eigenvalue weighted by Gasteiger charge is 2.35. The molecule has 2 saturated heterocycles. The second-order valence-electron chi connectivity index (χ2n) is 7.70. The smallest absolute Gasteiger partial charge is 0.329 e. The molecule has 8 heteroatoms. The third-order valence-electron chi connectivity index (χ3n) is 5.30. The normalized spacial score (nSPS) is 17.4. The van der Waals surface area contributed by atoms with E-state index in [1.165, 1.54) is 12.1 Å². The Morgan fingerprint density at radius 1 is 1.16 bits per heavy atom. The fraction of sp³-hybridized carbons (Fsp3) is 0.261. The van der Waals surface area contributed by atoms with Crippen molar-refractivity contribution in [1.29, 1.82) is 0 Å². The lowest BCUT2D eigenvalue weighted by molar-refractivity contribution is -0.127. The predicted octanol–water partition coefficient (Wildman–Crippen LogP) is 3.27. The van der Waals surface area contributed by atoms with E-state index in [2.05, 4.69) is 10.6 Å². The number of carbonyl (C=O) groups excluding carboxylic acids is 3. The molecule has 2 N–H and O–H groups in total. The summed E-state index contributed by atoms with van der Waals surface area (Å²) in [5.74, 6) is -1.49. The molecule has 0 saturated carbocycles. The van der Waals surface area contributed by atoms with Crippen molar-refractivity contribution in [3.05, 3.63) is 65.1 Å². The van der Waals surface area contributed by atoms with Crippen LogP contribution in [0.4, 0.5) is 20.6 Å². The third kappa shape index (κ3) is 4.58. The minimum atomic E-state index is -0.690. The van der Waals surface area contributed by atoms with Gasteiger partial charge in [-0.2, -0.15) is 0 Å². The Kier molecular flexibility index (Phi) is 5.70. The molecular formula is C23H23FN4O3. The maximum Gasteiger partial charge on any atom is 0.329 e. The van der Waals surface area contributed by atoms with Crippen LogP contribution in [0.1, 0.15) is 24.0 Å². The topological polar surface area (TPSA) is 81.8 Å². The molecule has 0 spiro atoms. The molecular weight excluding hydrogens is 399 g/mol. The minimum absolute atomic E-state index is 0.00155. The SMILES string of the molecule is Cc1cccc(NC(=O)CN2C(=O)N/C(=C/c3ccc(N4CCCC4)c(F)c3)C2=O)c1. The van der Waals surface area contributed by atoms with E-state index in [0.717, 1.165) is 36.4 Å². The van der Waals surface area contributed by atoms with E-state index in [9.17, 15) is 18.8 Å². The maximum atomic E-state index is 14.5. The van der Waals surface area contributed by atoms with Crippen LogP contribution in [0.15, 0.2) is 48.2 Å². The molecule has 7 nitrogen and oxygen atoms in total. The molecule has 31 heavy (non-hydrogen) atoms. The molecule has 160 valence electrons. The van der Waals surface area contributed by atoms with Crippen molar-refractivity contribution in [2.45, 2.75) is 19.8 Å². The van der Waals surface area contributed by atoms with Crippen molar-refractivity contribution in [3.8, 4) is 0 Å². The van der Waals surface area contributed by atoms with Gasteiger partial charge in [0.1, 0.15) is 18.1 Å². The summed E-state index contributed by atoms with van der Waals surface area (Å²) in [4.78, 5) is 39.9. The number of imide groups is 1. The van der Waals surface area contributed by atoms with Crippen LogP contribution < -0.4 is 15.5 Å². The quantitative estimate of drug-likeness (QED) is 0.573. The summed E-state index contributed by atoms with van der Waals surface area (Å²) < 4.78 is 14.5. The van der Waals surface area contributed by atoms with Crippen LogP contribution >= 0.6 is 0 Å². The number of halogens is 1. The van der Waals surface area contributed by atoms with E-state index in [0.29, 0.717) is 16.9 Å². The average molecular weight is 422 g/mol. The number of hydrogen-bond donors (Lipinski definition) is 2. The second kappa shape index (κ2) is 8.59. The van der Waals surface area contributed by atoms with E-state index in [4.69, 9.17) is 0 Å². The first kappa shape index (κ1) is 20.6. The largest absolute Gasteiger partial charge is 0.369 e. The van der Waals surface area contributed by atoms with Crippen LogP contribution in [0.2, 0.25) is 0 Å². The summed E-state index contributed by atoms with van der Waals surface area (Å²) in [6.07, 6.45) is 3.49. The highest BCUT2D eigenvalue weighted by atomic mass is 19.1. The van der Waals surface area contributed by atoms with Gasteiger partial charge in [0.25, 0.3) is 5.91 Å². The Hall–Kier alpha value is -3.68. The van der Waals surface area contributed by atoms with Crippen LogP contribution in [0.3, 0.4) is 0 Å². The Labute approximate surface area is 179 Å². The van der Waals surface area contributed by atoms with Gasteiger partial charge in [0.15, 0.2) is 0 Å². The van der Waals surface area contributed by atoms with E-state index in [-0.39, 0.29) is 11.5 Å². The Morgan fingerprint density at radius 3 is 2.65 bits per heavy atom. The minimum Gasteiger partial charge on any atom is -0.369 e. The Balaban J connectivity index is 1.44. The number of carbonyl (C=O) groups is 3. The number of benzene rings is 2. The van der Waals surface area contributed by atoms with Crippen LogP contribution in [-0.4, -0.2) is 42.4 Å². The summed E-state index contributed by atoms with van der Waals surface area (Å²) in [7, 11) is 0. The van der Waals surface area contributed by atoms with E-state index in [1.807, 2.05) is 17.9 Å². The van der Waals surface area contributed by atoms with Gasteiger partial charge in [-0.1, -0.05) is 18.2 Å². The first-order chi connectivity index (χ1) is 14.9. The second-order valence-corrected chi connectivity index (χ2v) is 7.70. The zero-order chi connectivity index (χ0) is 22.0. The number of nitrogens with zero attached hydrogens (tertiary/aromatic N) is 2. The predicted molar refractivity (Wildman–Crippen MR) is 116 cm³/mol. The lowest BCUT2D eigenvalue weighted by Crippen LogP contribution is -2.38. The van der Waals surface area contributed by atoms with Crippen molar-refractivity contribution in [3.63, 3.8) is 0 Å². The van der Waals surface area contributed by atoms with Gasteiger partial charge in [0, 0.05) is 18.8 Å². The number of aryl methyl sites for hydroxylation is 1. The van der Waals surface area contributed by atoms with Crippen molar-refractivity contribution in [1.82, 2.24) is 10.2 Å². The molecule has 0 aromatic heterocycles. The highest BCUT2D eigenvalue weighted by molar-refractivity contribution is 6.15. The van der Waals surface area contributed by atoms with Crippen molar-refractivity contribution < 1.29 is 18.8 Å². The van der Waals surface area contributed by atoms with Crippen LogP contribution in [0, 0.1) is 12.7 Å². The van der Waals surface area contributed by atoms with E-state index < -0.39 is 24.4 Å². The Bertz CT molecular complexity index is 1080. The maximum absolute atomic E-state index is 14.5. The summed E-state index contributed by atoms with van der Waals surface area (Å²) in [6.45, 7) is 3.12. The molecule has 4 rings (SSSR count). The summed E-state index contributed by atoms with van der Waals surface area (Å²) >= 11 is 0. The highest BCUT2D eigenvalue weighted by Crippen LogP contribution is 2.25. The van der Waals surface area contributed by atoms with Gasteiger partial charge in [0.05, 0.1) is 5.69 Å². The van der Waals surface area contributed by atoms with E-state index in [1.54, 1.807) is 30.3 Å². The van der Waals surface area contributed by atoms with Crippen LogP contribution in [0.5, 0.6) is 0 Å². The molecule has 2 aromatic carbocycles. The molecule has 2 heterocycles. The van der Waals surface area contributed by atoms with Gasteiger partial charge in [-0.05, 0) is 61.2 Å². The summed E-state index contributed by atoms with van der Waals surface area (Å²) in [5.41, 5.74) is 2.55. The Morgan fingerprint density at radius 2 is 1.94 bits per heavy atom. The first-order valence-corrected chi connectivity index (χ1v) is 10.2. The standard InChI is InChI=1S/C23H23FN4O3/c1-15-5-4-6-17(11-15)25-21(29)14-28-22(30)19(26-23(28)31)13-16-7-8-20(18(24)12-16)27-9-2-3-10-27/h4-8,11-13H,2-3,9-10,14H2,1H3,(H,25,29)(H,26,31)/b19-13+. The molecule has 2 aliphatic heterocycles. The molecule has 0 radical (unpaired) electrons. The van der Waals surface area contributed by atoms with E-state index >= 15 is 0 Å². The zero-order valence-electron chi connectivity index (χ0n) is 17.2. The lowest BCUT2D eigenvalue weighted by Gasteiger charge is -2.18. The van der Waals surface area contributed by atoms with Gasteiger partial charge in [-0.15, -0.1) is 0 Å². The molecule has 0 unspecified atom stereocenters. The molecule has 0 atom stereocenters. The van der Waals surface area contributed by atoms with Crippen molar-refractivity contribution in [2.75, 3.05) is 29.9 Å². The molecule has 2 fully saturated rings. The fourth-order valence-corrected chi connectivity index (χ4v) is 3.78. The van der Waals surface area contributed by atoms with Crippen LogP contribution in [-0.2, 0) is 9.59 Å². The van der Waals surface area contributed by atoms with Gasteiger partial charge in [0.2, 0.25) is 5.91 Å². The lowest BCUT2D eigenvalue weighted by atomic mass is 10.1. The van der Waals surface area contributed by atoms with Gasteiger partial charge < -0.3 is 15.5 Å². The van der Waals surface area contributed by atoms with Crippen LogP contribution in [0.25, 0.3) is 6.08 Å². The first-order valence-electron chi connectivity index (χ1n) is 10.2. The fourth-order valence-electron chi connectivity index (χ4n) is 3.78. The number of anilines is 2. The number of nitrogens with one attached hydrogen (secondary N) is 2. The van der Waals surface area contributed by atoms with Gasteiger partial charge >= 0.3 is 6.03 Å². The summed E-state index contributed by atoms with van der Waals surface area (Å²) in [6, 6.07) is 11.2. The average Bonchev–Trinajstić information content (AvgIpc) is 3.33. The number of hydrogen-bond acceptors (Lipinski definition) is 4.